The van der Waals surface area contributed by atoms with Crippen molar-refractivity contribution in [1.29, 1.82) is 0 Å². The molecule has 0 saturated carbocycles. The maximum atomic E-state index is 12.0. The van der Waals surface area contributed by atoms with Gasteiger partial charge in [0.15, 0.2) is 0 Å². The molecule has 6 nitrogen and oxygen atoms in total. The third-order valence-corrected chi connectivity index (χ3v) is 4.05. The van der Waals surface area contributed by atoms with Crippen molar-refractivity contribution in [2.75, 3.05) is 5.32 Å². The fraction of sp³-hybridized carbons (Fsp3) is 0.105. The van der Waals surface area contributed by atoms with Crippen molar-refractivity contribution in [3.8, 4) is 0 Å². The van der Waals surface area contributed by atoms with Crippen molar-refractivity contribution in [2.45, 2.75) is 13.8 Å². The minimum absolute atomic E-state index is 0.612. The Balaban J connectivity index is 1.64. The quantitative estimate of drug-likeness (QED) is 0.391. The van der Waals surface area contributed by atoms with Crippen LogP contribution in [0.1, 0.15) is 16.7 Å². The molecule has 25 heavy (non-hydrogen) atoms. The smallest absolute Gasteiger partial charge is 0.329 e. The van der Waals surface area contributed by atoms with Crippen molar-refractivity contribution in [3.63, 3.8) is 0 Å². The van der Waals surface area contributed by atoms with Crippen LogP contribution >= 0.6 is 0 Å². The molecule has 0 atom stereocenters. The van der Waals surface area contributed by atoms with Crippen LogP contribution < -0.4 is 10.7 Å². The van der Waals surface area contributed by atoms with Gasteiger partial charge in [0, 0.05) is 28.4 Å². The maximum Gasteiger partial charge on any atom is 0.329 e. The van der Waals surface area contributed by atoms with Crippen LogP contribution in [0.3, 0.4) is 0 Å². The Morgan fingerprint density at radius 1 is 1.04 bits per heavy atom. The summed E-state index contributed by atoms with van der Waals surface area (Å²) in [4.78, 5) is 27.0. The first-order valence-electron chi connectivity index (χ1n) is 7.83. The van der Waals surface area contributed by atoms with E-state index >= 15 is 0 Å². The highest BCUT2D eigenvalue weighted by molar-refractivity contribution is 6.39. The molecule has 2 amide bonds. The topological polar surface area (TPSA) is 86.3 Å². The summed E-state index contributed by atoms with van der Waals surface area (Å²) >= 11 is 0. The molecule has 3 aromatic rings. The SMILES string of the molecule is Cc1cccc(NC(=O)C(=O)N/N=C/c2c[nH]c3ccccc23)c1C. The number of carbonyl (C=O) groups excluding carboxylic acids is 2. The zero-order valence-electron chi connectivity index (χ0n) is 14.0. The van der Waals surface area contributed by atoms with Crippen LogP contribution in [-0.2, 0) is 9.59 Å². The van der Waals surface area contributed by atoms with E-state index in [1.54, 1.807) is 12.3 Å². The Labute approximate surface area is 144 Å². The van der Waals surface area contributed by atoms with Crippen LogP contribution in [0.25, 0.3) is 10.9 Å². The van der Waals surface area contributed by atoms with Crippen molar-refractivity contribution in [1.82, 2.24) is 10.4 Å². The van der Waals surface area contributed by atoms with Crippen LogP contribution in [0.15, 0.2) is 53.8 Å². The summed E-state index contributed by atoms with van der Waals surface area (Å²) in [5, 5.41) is 7.44. The highest BCUT2D eigenvalue weighted by Gasteiger charge is 2.14. The lowest BCUT2D eigenvalue weighted by Gasteiger charge is -2.09. The number of nitrogens with one attached hydrogen (secondary N) is 3. The number of aromatic amines is 1. The molecule has 3 N–H and O–H groups in total. The van der Waals surface area contributed by atoms with E-state index in [1.165, 1.54) is 6.21 Å². The maximum absolute atomic E-state index is 12.0. The number of H-pyrrole nitrogens is 1. The Kier molecular flexibility index (Phi) is 4.61. The highest BCUT2D eigenvalue weighted by atomic mass is 16.2. The molecule has 2 aromatic carbocycles. The van der Waals surface area contributed by atoms with Gasteiger partial charge in [-0.3, -0.25) is 9.59 Å². The number of nitrogens with zero attached hydrogens (tertiary/aromatic N) is 1. The fourth-order valence-electron chi connectivity index (χ4n) is 2.48. The lowest BCUT2D eigenvalue weighted by Crippen LogP contribution is -2.32. The number of rotatable bonds is 3. The van der Waals surface area contributed by atoms with Gasteiger partial charge in [0.25, 0.3) is 0 Å². The summed E-state index contributed by atoms with van der Waals surface area (Å²) < 4.78 is 0. The van der Waals surface area contributed by atoms with E-state index in [-0.39, 0.29) is 0 Å². The highest BCUT2D eigenvalue weighted by Crippen LogP contribution is 2.18. The van der Waals surface area contributed by atoms with Gasteiger partial charge in [-0.1, -0.05) is 30.3 Å². The van der Waals surface area contributed by atoms with Gasteiger partial charge in [-0.25, -0.2) is 5.43 Å². The molecule has 0 spiro atoms. The molecule has 0 unspecified atom stereocenters. The standard InChI is InChI=1S/C19H18N4O2/c1-12-6-5-9-16(13(12)2)22-18(24)19(25)23-21-11-14-10-20-17-8-4-3-7-15(14)17/h3-11,20H,1-2H3,(H,22,24)(H,23,25)/b21-11+. The molecule has 1 heterocycles. The molecule has 1 aromatic heterocycles. The third kappa shape index (κ3) is 3.58. The lowest BCUT2D eigenvalue weighted by atomic mass is 10.1. The number of hydrogen-bond acceptors (Lipinski definition) is 3. The van der Waals surface area contributed by atoms with Crippen LogP contribution in [0, 0.1) is 13.8 Å². The second-order valence-corrected chi connectivity index (χ2v) is 5.69. The summed E-state index contributed by atoms with van der Waals surface area (Å²) in [7, 11) is 0. The van der Waals surface area contributed by atoms with Crippen LogP contribution in [0.4, 0.5) is 5.69 Å². The van der Waals surface area contributed by atoms with Gasteiger partial charge in [0.2, 0.25) is 0 Å². The molecule has 126 valence electrons. The minimum atomic E-state index is -0.822. The Morgan fingerprint density at radius 2 is 1.84 bits per heavy atom. The average Bonchev–Trinajstić information content (AvgIpc) is 3.02. The number of fused-ring (bicyclic) bond motifs is 1. The predicted molar refractivity (Wildman–Crippen MR) is 98.6 cm³/mol. The van der Waals surface area contributed by atoms with E-state index in [9.17, 15) is 9.59 Å². The molecular weight excluding hydrogens is 316 g/mol. The zero-order valence-corrected chi connectivity index (χ0v) is 14.0. The Hall–Kier alpha value is -3.41. The Morgan fingerprint density at radius 3 is 2.68 bits per heavy atom. The summed E-state index contributed by atoms with van der Waals surface area (Å²) in [5.74, 6) is -1.58. The lowest BCUT2D eigenvalue weighted by molar-refractivity contribution is -0.136. The second kappa shape index (κ2) is 7.00. The van der Waals surface area contributed by atoms with Gasteiger partial charge in [0.05, 0.1) is 6.21 Å². The van der Waals surface area contributed by atoms with Crippen LogP contribution in [0.5, 0.6) is 0 Å². The van der Waals surface area contributed by atoms with Crippen molar-refractivity contribution in [3.05, 3.63) is 65.4 Å². The number of anilines is 1. The number of hydrazone groups is 1. The average molecular weight is 334 g/mol. The molecule has 0 bridgehead atoms. The molecule has 0 saturated heterocycles. The molecule has 0 aliphatic heterocycles. The third-order valence-electron chi connectivity index (χ3n) is 4.05. The van der Waals surface area contributed by atoms with E-state index in [0.29, 0.717) is 5.69 Å². The van der Waals surface area contributed by atoms with Gasteiger partial charge in [-0.05, 0) is 37.1 Å². The van der Waals surface area contributed by atoms with Gasteiger partial charge in [-0.15, -0.1) is 0 Å². The first-order valence-corrected chi connectivity index (χ1v) is 7.83. The van der Waals surface area contributed by atoms with Crippen LogP contribution in [-0.4, -0.2) is 23.0 Å². The summed E-state index contributed by atoms with van der Waals surface area (Å²) in [5.41, 5.74) is 6.62. The van der Waals surface area contributed by atoms with E-state index in [0.717, 1.165) is 27.6 Å². The van der Waals surface area contributed by atoms with E-state index in [2.05, 4.69) is 20.8 Å². The molecule has 0 fully saturated rings. The summed E-state index contributed by atoms with van der Waals surface area (Å²) in [6.45, 7) is 3.83. The van der Waals surface area contributed by atoms with E-state index in [4.69, 9.17) is 0 Å². The Bertz CT molecular complexity index is 972. The normalized spacial score (nSPS) is 11.0. The van der Waals surface area contributed by atoms with Gasteiger partial charge >= 0.3 is 11.8 Å². The summed E-state index contributed by atoms with van der Waals surface area (Å²) in [6.07, 6.45) is 3.29. The van der Waals surface area contributed by atoms with Crippen LogP contribution in [0.2, 0.25) is 0 Å². The monoisotopic (exact) mass is 334 g/mol. The molecule has 0 aliphatic carbocycles. The number of para-hydroxylation sites is 1. The van der Waals surface area contributed by atoms with Gasteiger partial charge in [-0.2, -0.15) is 5.10 Å². The molecule has 0 aliphatic rings. The number of aryl methyl sites for hydroxylation is 1. The number of hydrogen-bond donors (Lipinski definition) is 3. The van der Waals surface area contributed by atoms with Crippen molar-refractivity contribution >= 4 is 34.6 Å². The largest absolute Gasteiger partial charge is 0.361 e. The number of aromatic nitrogens is 1. The van der Waals surface area contributed by atoms with Gasteiger partial charge < -0.3 is 10.3 Å². The predicted octanol–water partition coefficient (Wildman–Crippen LogP) is 2.87. The number of amides is 2. The minimum Gasteiger partial charge on any atom is -0.361 e. The fourth-order valence-corrected chi connectivity index (χ4v) is 2.48. The second-order valence-electron chi connectivity index (χ2n) is 5.69. The molecular formula is C19H18N4O2. The molecule has 3 rings (SSSR count). The molecule has 0 radical (unpaired) electrons. The number of benzene rings is 2. The number of carbonyl (C=O) groups is 2. The van der Waals surface area contributed by atoms with E-state index in [1.807, 2.05) is 50.2 Å². The first kappa shape index (κ1) is 16.4. The van der Waals surface area contributed by atoms with Crippen molar-refractivity contribution in [2.24, 2.45) is 5.10 Å². The first-order chi connectivity index (χ1) is 12.1. The van der Waals surface area contributed by atoms with E-state index < -0.39 is 11.8 Å². The van der Waals surface area contributed by atoms with Crippen molar-refractivity contribution < 1.29 is 9.59 Å². The molecule has 6 heteroatoms. The summed E-state index contributed by atoms with van der Waals surface area (Å²) in [6, 6.07) is 13.3. The van der Waals surface area contributed by atoms with Gasteiger partial charge in [0.1, 0.15) is 0 Å². The zero-order chi connectivity index (χ0) is 17.8.